The molecular formula is C9H9BrClFO2S. The zero-order valence-corrected chi connectivity index (χ0v) is 11.0. The molecule has 15 heavy (non-hydrogen) atoms. The van der Waals surface area contributed by atoms with Gasteiger partial charge in [0.2, 0.25) is 9.05 Å². The van der Waals surface area contributed by atoms with E-state index in [-0.39, 0.29) is 5.75 Å². The van der Waals surface area contributed by atoms with Crippen molar-refractivity contribution in [1.29, 1.82) is 0 Å². The van der Waals surface area contributed by atoms with Gasteiger partial charge in [0.25, 0.3) is 0 Å². The van der Waals surface area contributed by atoms with Gasteiger partial charge in [-0.25, -0.2) is 12.8 Å². The monoisotopic (exact) mass is 314 g/mol. The van der Waals surface area contributed by atoms with Crippen LogP contribution in [0.15, 0.2) is 22.7 Å². The Morgan fingerprint density at radius 3 is 2.53 bits per heavy atom. The number of halogens is 3. The summed E-state index contributed by atoms with van der Waals surface area (Å²) in [5.74, 6) is -0.256. The normalized spacial score (nSPS) is 13.9. The molecule has 0 aliphatic heterocycles. The molecule has 1 unspecified atom stereocenters. The van der Waals surface area contributed by atoms with Gasteiger partial charge in [-0.05, 0) is 24.1 Å². The lowest BCUT2D eigenvalue weighted by molar-refractivity contribution is 0.373. The molecule has 6 heteroatoms. The lowest BCUT2D eigenvalue weighted by Gasteiger charge is -2.07. The van der Waals surface area contributed by atoms with Crippen LogP contribution in [-0.4, -0.2) is 8.42 Å². The molecule has 0 spiro atoms. The van der Waals surface area contributed by atoms with E-state index < -0.39 is 15.2 Å². The second-order valence-corrected chi connectivity index (χ2v) is 6.79. The van der Waals surface area contributed by atoms with Gasteiger partial charge in [-0.3, -0.25) is 0 Å². The van der Waals surface area contributed by atoms with Crippen LogP contribution in [0.4, 0.5) is 4.39 Å². The van der Waals surface area contributed by atoms with Crippen molar-refractivity contribution < 1.29 is 12.8 Å². The van der Waals surface area contributed by atoms with Gasteiger partial charge < -0.3 is 0 Å². The Balaban J connectivity index is 3.02. The van der Waals surface area contributed by atoms with Gasteiger partial charge in [0.1, 0.15) is 6.17 Å². The number of hydrogen-bond acceptors (Lipinski definition) is 2. The third kappa shape index (κ3) is 4.09. The Hall–Kier alpha value is -0.130. The minimum absolute atomic E-state index is 0.256. The topological polar surface area (TPSA) is 34.1 Å². The first-order chi connectivity index (χ1) is 6.79. The van der Waals surface area contributed by atoms with Crippen molar-refractivity contribution in [2.75, 3.05) is 0 Å². The summed E-state index contributed by atoms with van der Waals surface area (Å²) in [4.78, 5) is 0. The Morgan fingerprint density at radius 2 is 2.13 bits per heavy atom. The van der Waals surface area contributed by atoms with Crippen LogP contribution in [0.2, 0.25) is 0 Å². The zero-order chi connectivity index (χ0) is 11.6. The van der Waals surface area contributed by atoms with Crippen LogP contribution in [0.5, 0.6) is 0 Å². The van der Waals surface area contributed by atoms with Crippen molar-refractivity contribution in [2.45, 2.75) is 18.8 Å². The molecule has 0 aromatic heterocycles. The van der Waals surface area contributed by atoms with Gasteiger partial charge in [0.05, 0.1) is 5.75 Å². The van der Waals surface area contributed by atoms with Crippen LogP contribution in [0.3, 0.4) is 0 Å². The summed E-state index contributed by atoms with van der Waals surface area (Å²) in [7, 11) is 1.54. The van der Waals surface area contributed by atoms with Crippen molar-refractivity contribution in [2.24, 2.45) is 0 Å². The van der Waals surface area contributed by atoms with Crippen LogP contribution >= 0.6 is 26.6 Å². The Labute approximate surface area is 101 Å². The van der Waals surface area contributed by atoms with Gasteiger partial charge in [0.15, 0.2) is 0 Å². The third-order valence-corrected chi connectivity index (χ3v) is 3.52. The minimum atomic E-state index is -3.57. The molecule has 0 amide bonds. The van der Waals surface area contributed by atoms with E-state index in [1.54, 1.807) is 18.2 Å². The summed E-state index contributed by atoms with van der Waals surface area (Å²) in [6.45, 7) is 1.41. The highest BCUT2D eigenvalue weighted by Gasteiger charge is 2.11. The largest absolute Gasteiger partial charge is 0.243 e. The standard InChI is InChI=1S/C9H9BrClFO2S/c1-6(12)8-3-2-7(4-9(8)10)5-15(11,13)14/h2-4,6H,5H2,1H3. The van der Waals surface area contributed by atoms with Crippen molar-refractivity contribution in [1.82, 2.24) is 0 Å². The fourth-order valence-corrected chi connectivity index (χ4v) is 2.88. The van der Waals surface area contributed by atoms with Crippen LogP contribution < -0.4 is 0 Å². The van der Waals surface area contributed by atoms with E-state index in [1.165, 1.54) is 6.92 Å². The van der Waals surface area contributed by atoms with Crippen LogP contribution in [0.1, 0.15) is 24.2 Å². The molecule has 0 saturated heterocycles. The predicted octanol–water partition coefficient (Wildman–Crippen LogP) is 3.55. The molecule has 1 atom stereocenters. The fraction of sp³-hybridized carbons (Fsp3) is 0.333. The lowest BCUT2D eigenvalue weighted by atomic mass is 10.1. The van der Waals surface area contributed by atoms with Crippen LogP contribution in [-0.2, 0) is 14.8 Å². The van der Waals surface area contributed by atoms with Gasteiger partial charge in [-0.15, -0.1) is 0 Å². The molecule has 0 heterocycles. The molecular weight excluding hydrogens is 307 g/mol. The van der Waals surface area contributed by atoms with E-state index >= 15 is 0 Å². The van der Waals surface area contributed by atoms with Gasteiger partial charge in [0, 0.05) is 15.2 Å². The Bertz CT molecular complexity index is 459. The highest BCUT2D eigenvalue weighted by molar-refractivity contribution is 9.10. The Morgan fingerprint density at radius 1 is 1.53 bits per heavy atom. The van der Waals surface area contributed by atoms with Crippen molar-refractivity contribution in [3.63, 3.8) is 0 Å². The fourth-order valence-electron chi connectivity index (χ4n) is 1.18. The average Bonchev–Trinajstić information content (AvgIpc) is 1.99. The summed E-state index contributed by atoms with van der Waals surface area (Å²) >= 11 is 3.18. The van der Waals surface area contributed by atoms with E-state index in [2.05, 4.69) is 15.9 Å². The zero-order valence-electron chi connectivity index (χ0n) is 7.88. The van der Waals surface area contributed by atoms with Gasteiger partial charge in [-0.2, -0.15) is 0 Å². The maximum absolute atomic E-state index is 13.0. The molecule has 0 radical (unpaired) electrons. The van der Waals surface area contributed by atoms with Crippen molar-refractivity contribution >= 4 is 35.7 Å². The number of hydrogen-bond donors (Lipinski definition) is 0. The van der Waals surface area contributed by atoms with Crippen molar-refractivity contribution in [3.8, 4) is 0 Å². The first kappa shape index (κ1) is 12.9. The molecule has 0 N–H and O–H groups in total. The molecule has 1 aromatic carbocycles. The number of alkyl halides is 1. The third-order valence-electron chi connectivity index (χ3n) is 1.83. The molecule has 84 valence electrons. The first-order valence-electron chi connectivity index (χ1n) is 4.14. The Kier molecular flexibility index (Phi) is 4.14. The maximum Gasteiger partial charge on any atom is 0.236 e. The second kappa shape index (κ2) is 4.80. The first-order valence-corrected chi connectivity index (χ1v) is 7.41. The maximum atomic E-state index is 13.0. The van der Waals surface area contributed by atoms with Gasteiger partial charge in [-0.1, -0.05) is 28.1 Å². The molecule has 1 rings (SSSR count). The second-order valence-electron chi connectivity index (χ2n) is 3.16. The van der Waals surface area contributed by atoms with Crippen molar-refractivity contribution in [3.05, 3.63) is 33.8 Å². The molecule has 0 bridgehead atoms. The lowest BCUT2D eigenvalue weighted by Crippen LogP contribution is -1.96. The average molecular weight is 316 g/mol. The molecule has 0 fully saturated rings. The summed E-state index contributed by atoms with van der Waals surface area (Å²) in [5.41, 5.74) is 1.02. The van der Waals surface area contributed by atoms with Gasteiger partial charge >= 0.3 is 0 Å². The van der Waals surface area contributed by atoms with E-state index in [4.69, 9.17) is 10.7 Å². The SMILES string of the molecule is CC(F)c1ccc(CS(=O)(=O)Cl)cc1Br. The summed E-state index contributed by atoms with van der Waals surface area (Å²) < 4.78 is 35.2. The van der Waals surface area contributed by atoms with Crippen LogP contribution in [0.25, 0.3) is 0 Å². The molecule has 0 aliphatic rings. The highest BCUT2D eigenvalue weighted by atomic mass is 79.9. The number of benzene rings is 1. The van der Waals surface area contributed by atoms with E-state index in [0.717, 1.165) is 0 Å². The smallest absolute Gasteiger partial charge is 0.236 e. The summed E-state index contributed by atoms with van der Waals surface area (Å²) in [5, 5.41) is 0. The predicted molar refractivity (Wildman–Crippen MR) is 62.1 cm³/mol. The minimum Gasteiger partial charge on any atom is -0.243 e. The molecule has 1 aromatic rings. The number of rotatable bonds is 3. The molecule has 0 saturated carbocycles. The van der Waals surface area contributed by atoms with E-state index in [1.807, 2.05) is 0 Å². The quantitative estimate of drug-likeness (QED) is 0.799. The molecule has 0 aliphatic carbocycles. The summed E-state index contributed by atoms with van der Waals surface area (Å²) in [6, 6.07) is 4.66. The molecule has 2 nitrogen and oxygen atoms in total. The summed E-state index contributed by atoms with van der Waals surface area (Å²) in [6.07, 6.45) is -1.10. The highest BCUT2D eigenvalue weighted by Crippen LogP contribution is 2.27. The van der Waals surface area contributed by atoms with E-state index in [0.29, 0.717) is 15.6 Å². The van der Waals surface area contributed by atoms with E-state index in [9.17, 15) is 12.8 Å². The van der Waals surface area contributed by atoms with Crippen LogP contribution in [0, 0.1) is 0 Å².